The summed E-state index contributed by atoms with van der Waals surface area (Å²) in [6, 6.07) is 16.8. The summed E-state index contributed by atoms with van der Waals surface area (Å²) in [6.45, 7) is 5.91. The molecule has 0 spiro atoms. The number of rotatable bonds is 4. The summed E-state index contributed by atoms with van der Waals surface area (Å²) in [6.07, 6.45) is 0.0896. The van der Waals surface area contributed by atoms with Crippen molar-refractivity contribution in [2.75, 3.05) is 0 Å². The van der Waals surface area contributed by atoms with Crippen LogP contribution in [-0.2, 0) is 9.53 Å². The van der Waals surface area contributed by atoms with E-state index in [0.717, 1.165) is 5.75 Å². The average Bonchev–Trinajstić information content (AvgIpc) is 2.76. The Morgan fingerprint density at radius 1 is 1.04 bits per heavy atom. The molecule has 3 rings (SSSR count). The lowest BCUT2D eigenvalue weighted by molar-refractivity contribution is -0.597. The maximum Gasteiger partial charge on any atom is 0.357 e. The summed E-state index contributed by atoms with van der Waals surface area (Å²) in [4.78, 5) is 11.8. The molecule has 1 heterocycles. The third-order valence-corrected chi connectivity index (χ3v) is 6.32. The van der Waals surface area contributed by atoms with E-state index in [-0.39, 0.29) is 27.2 Å². The molecule has 0 bridgehead atoms. The van der Waals surface area contributed by atoms with Crippen LogP contribution < -0.4 is 25.9 Å². The van der Waals surface area contributed by atoms with E-state index in [0.29, 0.717) is 6.42 Å². The van der Waals surface area contributed by atoms with Crippen LogP contribution in [0.25, 0.3) is 0 Å². The Labute approximate surface area is 147 Å². The molecular weight excluding hydrogens is 403 g/mol. The number of halogens is 1. The van der Waals surface area contributed by atoms with E-state index >= 15 is 0 Å². The minimum atomic E-state index is -0.498. The maximum absolute atomic E-state index is 11.8. The second-order valence-corrected chi connectivity index (χ2v) is 9.37. The lowest BCUT2D eigenvalue weighted by Crippen LogP contribution is -3.61. The van der Waals surface area contributed by atoms with Crippen LogP contribution in [-0.4, -0.2) is 17.7 Å². The molecular formula is C19H20IO3+. The molecule has 0 aliphatic carbocycles. The van der Waals surface area contributed by atoms with Crippen LogP contribution in [0.5, 0.6) is 5.75 Å². The van der Waals surface area contributed by atoms with Gasteiger partial charge in [-0.3, -0.25) is 0 Å². The van der Waals surface area contributed by atoms with Gasteiger partial charge in [-0.25, -0.2) is 4.79 Å². The van der Waals surface area contributed by atoms with E-state index in [1.54, 1.807) is 0 Å². The zero-order valence-electron chi connectivity index (χ0n) is 13.5. The fourth-order valence-corrected chi connectivity index (χ4v) is 4.62. The van der Waals surface area contributed by atoms with E-state index in [1.165, 1.54) is 12.7 Å². The van der Waals surface area contributed by atoms with E-state index in [4.69, 9.17) is 9.47 Å². The maximum atomic E-state index is 11.8. The van der Waals surface area contributed by atoms with Crippen LogP contribution in [0.3, 0.4) is 0 Å². The highest BCUT2D eigenvalue weighted by Crippen LogP contribution is 2.28. The SMILES string of the molecule is Cc1ccc([I+]c2ccc(OC3CC(C)(C)OC3=O)cc2)cc1. The summed E-state index contributed by atoms with van der Waals surface area (Å²) in [7, 11) is 0. The number of ether oxygens (including phenoxy) is 2. The molecule has 1 saturated heterocycles. The molecule has 0 saturated carbocycles. The number of cyclic esters (lactones) is 1. The third-order valence-electron chi connectivity index (χ3n) is 3.64. The van der Waals surface area contributed by atoms with Gasteiger partial charge < -0.3 is 9.47 Å². The highest BCUT2D eigenvalue weighted by Gasteiger charge is 2.41. The summed E-state index contributed by atoms with van der Waals surface area (Å²) in [5.41, 5.74) is 0.853. The second kappa shape index (κ2) is 6.51. The van der Waals surface area contributed by atoms with Crippen LogP contribution in [0, 0.1) is 14.1 Å². The van der Waals surface area contributed by atoms with Crippen LogP contribution in [0.4, 0.5) is 0 Å². The van der Waals surface area contributed by atoms with Gasteiger partial charge in [0.15, 0.2) is 13.2 Å². The van der Waals surface area contributed by atoms with Gasteiger partial charge in [0.25, 0.3) is 0 Å². The number of benzene rings is 2. The number of carbonyl (C=O) groups excluding carboxylic acids is 1. The molecule has 4 heteroatoms. The minimum Gasteiger partial charge on any atom is -0.479 e. The molecule has 0 amide bonds. The van der Waals surface area contributed by atoms with Crippen LogP contribution in [0.1, 0.15) is 25.8 Å². The first-order chi connectivity index (χ1) is 10.9. The van der Waals surface area contributed by atoms with Gasteiger partial charge >= 0.3 is 27.2 Å². The standard InChI is InChI=1S/C19H20IO3/c1-13-4-6-14(7-5-13)20-15-8-10-16(11-9-15)22-17-12-19(2,3)23-18(17)21/h4-11,17H,12H2,1-3H3/q+1. The molecule has 3 nitrogen and oxygen atoms in total. The van der Waals surface area contributed by atoms with Crippen molar-refractivity contribution in [3.63, 3.8) is 0 Å². The van der Waals surface area contributed by atoms with Crippen molar-refractivity contribution in [2.24, 2.45) is 0 Å². The monoisotopic (exact) mass is 423 g/mol. The fourth-order valence-electron chi connectivity index (χ4n) is 2.46. The smallest absolute Gasteiger partial charge is 0.357 e. The summed E-state index contributed by atoms with van der Waals surface area (Å²) >= 11 is -0.185. The van der Waals surface area contributed by atoms with Gasteiger partial charge in [-0.15, -0.1) is 0 Å². The molecule has 2 aromatic carbocycles. The van der Waals surface area contributed by atoms with E-state index in [1.807, 2.05) is 26.0 Å². The first-order valence-corrected chi connectivity index (χ1v) is 9.78. The summed E-state index contributed by atoms with van der Waals surface area (Å²) < 4.78 is 13.8. The second-order valence-electron chi connectivity index (χ2n) is 6.34. The van der Waals surface area contributed by atoms with Crippen molar-refractivity contribution >= 4 is 5.97 Å². The molecule has 23 heavy (non-hydrogen) atoms. The Hall–Kier alpha value is -1.56. The Bertz CT molecular complexity index is 690. The number of hydrogen-bond acceptors (Lipinski definition) is 3. The van der Waals surface area contributed by atoms with Crippen molar-refractivity contribution in [3.8, 4) is 5.75 Å². The van der Waals surface area contributed by atoms with Crippen LogP contribution in [0.2, 0.25) is 0 Å². The number of esters is 1. The molecule has 1 atom stereocenters. The first-order valence-electron chi connectivity index (χ1n) is 7.62. The van der Waals surface area contributed by atoms with Gasteiger partial charge in [-0.05, 0) is 57.2 Å². The Morgan fingerprint density at radius 3 is 2.13 bits per heavy atom. The van der Waals surface area contributed by atoms with E-state index in [2.05, 4.69) is 43.3 Å². The topological polar surface area (TPSA) is 35.5 Å². The number of hydrogen-bond donors (Lipinski definition) is 0. The normalized spacial score (nSPS) is 19.4. The van der Waals surface area contributed by atoms with E-state index in [9.17, 15) is 4.79 Å². The van der Waals surface area contributed by atoms with Gasteiger partial charge in [0.1, 0.15) is 11.4 Å². The molecule has 2 aromatic rings. The van der Waals surface area contributed by atoms with Crippen LogP contribution in [0.15, 0.2) is 48.5 Å². The lowest BCUT2D eigenvalue weighted by atomic mass is 10.0. The highest BCUT2D eigenvalue weighted by atomic mass is 127. The number of aryl methyl sites for hydroxylation is 1. The van der Waals surface area contributed by atoms with Crippen molar-refractivity contribution in [2.45, 2.75) is 38.9 Å². The third kappa shape index (κ3) is 4.25. The number of carbonyl (C=O) groups is 1. The predicted octanol–water partition coefficient (Wildman–Crippen LogP) is 0.596. The van der Waals surface area contributed by atoms with Crippen LogP contribution >= 0.6 is 0 Å². The molecule has 120 valence electrons. The van der Waals surface area contributed by atoms with Gasteiger partial charge in [-0.2, -0.15) is 0 Å². The molecule has 0 N–H and O–H groups in total. The van der Waals surface area contributed by atoms with Crippen molar-refractivity contribution in [3.05, 3.63) is 61.2 Å². The lowest BCUT2D eigenvalue weighted by Gasteiger charge is -2.14. The van der Waals surface area contributed by atoms with Gasteiger partial charge in [-0.1, -0.05) is 17.7 Å². The minimum absolute atomic E-state index is 0.185. The Balaban J connectivity index is 1.63. The molecule has 1 aliphatic heterocycles. The largest absolute Gasteiger partial charge is 0.479 e. The zero-order valence-corrected chi connectivity index (χ0v) is 15.7. The summed E-state index contributed by atoms with van der Waals surface area (Å²) in [5.74, 6) is 0.451. The molecule has 1 unspecified atom stereocenters. The van der Waals surface area contributed by atoms with Crippen molar-refractivity contribution in [1.82, 2.24) is 0 Å². The van der Waals surface area contributed by atoms with E-state index < -0.39 is 11.7 Å². The quantitative estimate of drug-likeness (QED) is 0.534. The van der Waals surface area contributed by atoms with Crippen molar-refractivity contribution in [1.29, 1.82) is 0 Å². The molecule has 0 aromatic heterocycles. The molecule has 1 aliphatic rings. The highest BCUT2D eigenvalue weighted by molar-refractivity contribution is 5.77. The Kier molecular flexibility index (Phi) is 4.62. The Morgan fingerprint density at radius 2 is 1.61 bits per heavy atom. The fraction of sp³-hybridized carbons (Fsp3) is 0.316. The summed E-state index contributed by atoms with van der Waals surface area (Å²) in [5, 5.41) is 0. The first kappa shape index (κ1) is 16.3. The predicted molar refractivity (Wildman–Crippen MR) is 84.2 cm³/mol. The van der Waals surface area contributed by atoms with Gasteiger partial charge in [0, 0.05) is 6.42 Å². The van der Waals surface area contributed by atoms with Gasteiger partial charge in [0.05, 0.1) is 0 Å². The molecule has 0 radical (unpaired) electrons. The van der Waals surface area contributed by atoms with Crippen molar-refractivity contribution < 1.29 is 35.5 Å². The molecule has 1 fully saturated rings. The zero-order chi connectivity index (χ0) is 16.4. The average molecular weight is 423 g/mol. The van der Waals surface area contributed by atoms with Gasteiger partial charge in [0.2, 0.25) is 0 Å².